The van der Waals surface area contributed by atoms with Crippen molar-refractivity contribution >= 4 is 5.97 Å². The number of carboxylic acid groups (broad SMARTS) is 1. The highest BCUT2D eigenvalue weighted by molar-refractivity contribution is 5.76. The number of hydrogen-bond donors (Lipinski definition) is 1. The van der Waals surface area contributed by atoms with E-state index in [9.17, 15) is 4.79 Å². The lowest BCUT2D eigenvalue weighted by Crippen LogP contribution is -2.07. The normalized spacial score (nSPS) is 18.4. The summed E-state index contributed by atoms with van der Waals surface area (Å²) in [5.41, 5.74) is 8.47. The van der Waals surface area contributed by atoms with Gasteiger partial charge in [-0.15, -0.1) is 0 Å². The summed E-state index contributed by atoms with van der Waals surface area (Å²) in [6.07, 6.45) is 1.94. The summed E-state index contributed by atoms with van der Waals surface area (Å²) in [6.45, 7) is 4.67. The molecule has 1 unspecified atom stereocenters. The summed E-state index contributed by atoms with van der Waals surface area (Å²) in [7, 11) is 1.70. The van der Waals surface area contributed by atoms with Crippen molar-refractivity contribution in [3.8, 4) is 28.4 Å². The van der Waals surface area contributed by atoms with Gasteiger partial charge in [0.1, 0.15) is 23.4 Å². The predicted molar refractivity (Wildman–Crippen MR) is 127 cm³/mol. The van der Waals surface area contributed by atoms with Crippen LogP contribution in [0, 0.1) is 13.8 Å². The van der Waals surface area contributed by atoms with Gasteiger partial charge in [0.2, 0.25) is 0 Å². The van der Waals surface area contributed by atoms with Gasteiger partial charge >= 0.3 is 5.97 Å². The number of carboxylic acids is 1. The molecule has 5 rings (SSSR count). The van der Waals surface area contributed by atoms with Crippen molar-refractivity contribution in [2.75, 3.05) is 13.7 Å². The Labute approximate surface area is 193 Å². The van der Waals surface area contributed by atoms with Gasteiger partial charge in [-0.3, -0.25) is 4.79 Å². The topological polar surface area (TPSA) is 65.0 Å². The highest BCUT2D eigenvalue weighted by atomic mass is 16.5. The third kappa shape index (κ3) is 3.92. The Morgan fingerprint density at radius 3 is 2.58 bits per heavy atom. The van der Waals surface area contributed by atoms with Crippen molar-refractivity contribution in [1.82, 2.24) is 0 Å². The van der Waals surface area contributed by atoms with Gasteiger partial charge < -0.3 is 19.3 Å². The van der Waals surface area contributed by atoms with Crippen LogP contribution in [0.25, 0.3) is 11.1 Å². The summed E-state index contributed by atoms with van der Waals surface area (Å²) in [5.74, 6) is 1.46. The molecule has 33 heavy (non-hydrogen) atoms. The Morgan fingerprint density at radius 1 is 1.06 bits per heavy atom. The van der Waals surface area contributed by atoms with Crippen LogP contribution in [0.4, 0.5) is 0 Å². The lowest BCUT2D eigenvalue weighted by molar-refractivity contribution is -0.137. The zero-order valence-electron chi connectivity index (χ0n) is 19.2. The molecule has 170 valence electrons. The molecule has 0 radical (unpaired) electrons. The monoisotopic (exact) mass is 444 g/mol. The molecule has 1 aliphatic carbocycles. The van der Waals surface area contributed by atoms with Gasteiger partial charge in [-0.25, -0.2) is 0 Å². The van der Waals surface area contributed by atoms with E-state index in [1.165, 1.54) is 33.4 Å². The lowest BCUT2D eigenvalue weighted by atomic mass is 9.90. The van der Waals surface area contributed by atoms with Crippen molar-refractivity contribution in [3.63, 3.8) is 0 Å². The first-order valence-electron chi connectivity index (χ1n) is 11.4. The maximum absolute atomic E-state index is 11.1. The average molecular weight is 445 g/mol. The smallest absolute Gasteiger partial charge is 0.304 e. The molecule has 1 heterocycles. The fraction of sp³-hybridized carbons (Fsp3) is 0.321. The van der Waals surface area contributed by atoms with E-state index < -0.39 is 5.97 Å². The molecular weight excluding hydrogens is 416 g/mol. The zero-order valence-corrected chi connectivity index (χ0v) is 19.2. The summed E-state index contributed by atoms with van der Waals surface area (Å²) < 4.78 is 17.6. The van der Waals surface area contributed by atoms with Crippen LogP contribution in [0.15, 0.2) is 48.5 Å². The first kappa shape index (κ1) is 21.4. The first-order chi connectivity index (χ1) is 15.9. The number of methoxy groups -OCH3 is 1. The van der Waals surface area contributed by atoms with Crippen molar-refractivity contribution in [2.45, 2.75) is 45.1 Å². The predicted octanol–water partition coefficient (Wildman–Crippen LogP) is 6.00. The van der Waals surface area contributed by atoms with E-state index in [1.54, 1.807) is 7.11 Å². The lowest BCUT2D eigenvalue weighted by Gasteiger charge is -2.18. The highest BCUT2D eigenvalue weighted by Crippen LogP contribution is 2.44. The average Bonchev–Trinajstić information content (AvgIpc) is 3.37. The van der Waals surface area contributed by atoms with Crippen LogP contribution < -0.4 is 14.2 Å². The third-order valence-electron chi connectivity index (χ3n) is 6.79. The van der Waals surface area contributed by atoms with Gasteiger partial charge in [0, 0.05) is 17.5 Å². The van der Waals surface area contributed by atoms with Gasteiger partial charge in [-0.1, -0.05) is 24.3 Å². The molecule has 0 fully saturated rings. The maximum Gasteiger partial charge on any atom is 0.304 e. The molecule has 2 aliphatic rings. The van der Waals surface area contributed by atoms with E-state index in [-0.39, 0.29) is 18.4 Å². The Morgan fingerprint density at radius 2 is 1.85 bits per heavy atom. The third-order valence-corrected chi connectivity index (χ3v) is 6.79. The second-order valence-electron chi connectivity index (χ2n) is 8.96. The van der Waals surface area contributed by atoms with Crippen molar-refractivity contribution in [3.05, 3.63) is 76.3 Å². The zero-order chi connectivity index (χ0) is 23.1. The molecule has 2 atom stereocenters. The van der Waals surface area contributed by atoms with E-state index in [2.05, 4.69) is 44.2 Å². The number of fused-ring (bicyclic) bond motifs is 2. The SMILES string of the molecule is COc1cc(C)c(-c2cccc3c2CC[C@H]3Oc2ccc3c(c2)OCC3CC(=O)O)c(C)c1. The van der Waals surface area contributed by atoms with Crippen LogP contribution in [-0.4, -0.2) is 24.8 Å². The van der Waals surface area contributed by atoms with Crippen LogP contribution in [0.2, 0.25) is 0 Å². The minimum Gasteiger partial charge on any atom is -0.497 e. The van der Waals surface area contributed by atoms with Gasteiger partial charge in [-0.05, 0) is 78.3 Å². The molecule has 5 nitrogen and oxygen atoms in total. The largest absolute Gasteiger partial charge is 0.497 e. The Balaban J connectivity index is 1.42. The molecule has 0 bridgehead atoms. The number of aryl methyl sites for hydroxylation is 2. The fourth-order valence-electron chi connectivity index (χ4n) is 5.31. The molecule has 1 N–H and O–H groups in total. The van der Waals surface area contributed by atoms with E-state index >= 15 is 0 Å². The van der Waals surface area contributed by atoms with Crippen LogP contribution >= 0.6 is 0 Å². The standard InChI is InChI=1S/C28H28O5/c1-16-11-20(31-3)12-17(2)28(16)24-6-4-5-23-22(24)9-10-25(23)33-19-7-8-21-18(13-27(29)30)15-32-26(21)14-19/h4-8,11-12,14,18,25H,9-10,13,15H2,1-3H3,(H,29,30)/t18?,25-/m1/s1. The molecule has 0 saturated carbocycles. The van der Waals surface area contributed by atoms with Gasteiger partial charge in [0.15, 0.2) is 0 Å². The van der Waals surface area contributed by atoms with Crippen molar-refractivity contribution in [1.29, 1.82) is 0 Å². The molecule has 0 amide bonds. The van der Waals surface area contributed by atoms with Gasteiger partial charge in [0.05, 0.1) is 20.1 Å². The number of hydrogen-bond acceptors (Lipinski definition) is 4. The molecule has 3 aromatic rings. The highest BCUT2D eigenvalue weighted by Gasteiger charge is 2.30. The Kier molecular flexibility index (Phi) is 5.49. The minimum atomic E-state index is -0.808. The molecule has 0 spiro atoms. The molecule has 5 heteroatoms. The van der Waals surface area contributed by atoms with E-state index in [0.717, 1.165) is 35.7 Å². The second kappa shape index (κ2) is 8.47. The maximum atomic E-state index is 11.1. The van der Waals surface area contributed by atoms with Crippen LogP contribution in [0.5, 0.6) is 17.2 Å². The van der Waals surface area contributed by atoms with Crippen molar-refractivity contribution < 1.29 is 24.1 Å². The summed E-state index contributed by atoms with van der Waals surface area (Å²) >= 11 is 0. The molecular formula is C28H28O5. The Hall–Kier alpha value is -3.47. The van der Waals surface area contributed by atoms with E-state index in [1.807, 2.05) is 18.2 Å². The molecule has 0 aromatic heterocycles. The summed E-state index contributed by atoms with van der Waals surface area (Å²) in [6, 6.07) is 16.4. The van der Waals surface area contributed by atoms with Crippen LogP contribution in [0.1, 0.15) is 52.7 Å². The number of rotatable bonds is 6. The number of carbonyl (C=O) groups is 1. The first-order valence-corrected chi connectivity index (χ1v) is 11.4. The second-order valence-corrected chi connectivity index (χ2v) is 8.96. The number of benzene rings is 3. The molecule has 0 saturated heterocycles. The van der Waals surface area contributed by atoms with E-state index in [0.29, 0.717) is 6.61 Å². The van der Waals surface area contributed by atoms with E-state index in [4.69, 9.17) is 19.3 Å². The number of ether oxygens (including phenoxy) is 3. The fourth-order valence-corrected chi connectivity index (χ4v) is 5.31. The Bertz CT molecular complexity index is 1210. The quantitative estimate of drug-likeness (QED) is 0.505. The summed E-state index contributed by atoms with van der Waals surface area (Å²) in [5, 5.41) is 9.12. The van der Waals surface area contributed by atoms with Gasteiger partial charge in [0.25, 0.3) is 0 Å². The van der Waals surface area contributed by atoms with Crippen molar-refractivity contribution in [2.24, 2.45) is 0 Å². The molecule has 1 aliphatic heterocycles. The van der Waals surface area contributed by atoms with Gasteiger partial charge in [-0.2, -0.15) is 0 Å². The molecule has 3 aromatic carbocycles. The van der Waals surface area contributed by atoms with Crippen LogP contribution in [-0.2, 0) is 11.2 Å². The minimum absolute atomic E-state index is 0.0203. The van der Waals surface area contributed by atoms with Crippen LogP contribution in [0.3, 0.4) is 0 Å². The number of aliphatic carboxylic acids is 1. The summed E-state index contributed by atoms with van der Waals surface area (Å²) in [4.78, 5) is 11.1.